The highest BCUT2D eigenvalue weighted by Gasteiger charge is 2.14. The molecule has 2 aromatic rings. The van der Waals surface area contributed by atoms with Gasteiger partial charge in [-0.15, -0.1) is 11.6 Å². The zero-order valence-electron chi connectivity index (χ0n) is 8.85. The number of halogens is 4. The standard InChI is InChI=1S/C11H8ClF3N2/c1-6-7(4-12)5-16-17(6)8-2-9(13)11(15)10(14)3-8/h2-3,5H,4H2,1H3. The predicted molar refractivity (Wildman–Crippen MR) is 57.7 cm³/mol. The number of hydrogen-bond donors (Lipinski definition) is 0. The average Bonchev–Trinajstić information content (AvgIpc) is 2.66. The van der Waals surface area contributed by atoms with Crippen LogP contribution >= 0.6 is 11.6 Å². The lowest BCUT2D eigenvalue weighted by Crippen LogP contribution is -2.02. The minimum atomic E-state index is -1.49. The molecule has 0 unspecified atom stereocenters. The molecule has 0 aliphatic carbocycles. The second-order valence-electron chi connectivity index (χ2n) is 3.52. The third-order valence-electron chi connectivity index (χ3n) is 2.47. The third kappa shape index (κ3) is 2.02. The van der Waals surface area contributed by atoms with Gasteiger partial charge in [0.25, 0.3) is 0 Å². The van der Waals surface area contributed by atoms with Crippen molar-refractivity contribution in [2.45, 2.75) is 12.8 Å². The smallest absolute Gasteiger partial charge is 0.194 e. The van der Waals surface area contributed by atoms with Crippen molar-refractivity contribution in [3.63, 3.8) is 0 Å². The van der Waals surface area contributed by atoms with Crippen LogP contribution in [-0.2, 0) is 5.88 Å². The van der Waals surface area contributed by atoms with Crippen LogP contribution in [0.2, 0.25) is 0 Å². The first-order valence-electron chi connectivity index (χ1n) is 4.79. The summed E-state index contributed by atoms with van der Waals surface area (Å²) in [5.74, 6) is -3.74. The summed E-state index contributed by atoms with van der Waals surface area (Å²) in [5, 5.41) is 3.95. The minimum Gasteiger partial charge on any atom is -0.238 e. The Bertz CT molecular complexity index is 543. The maximum atomic E-state index is 13.1. The molecule has 1 heterocycles. The van der Waals surface area contributed by atoms with Gasteiger partial charge in [-0.1, -0.05) is 0 Å². The number of nitrogens with zero attached hydrogens (tertiary/aromatic N) is 2. The van der Waals surface area contributed by atoms with E-state index in [4.69, 9.17) is 11.6 Å². The van der Waals surface area contributed by atoms with E-state index < -0.39 is 17.5 Å². The van der Waals surface area contributed by atoms with Crippen molar-refractivity contribution in [1.82, 2.24) is 9.78 Å². The first-order valence-corrected chi connectivity index (χ1v) is 5.32. The molecule has 0 saturated carbocycles. The number of alkyl halides is 1. The van der Waals surface area contributed by atoms with Gasteiger partial charge in [0, 0.05) is 23.4 Å². The maximum absolute atomic E-state index is 13.1. The molecule has 0 aliphatic heterocycles. The van der Waals surface area contributed by atoms with Gasteiger partial charge in [-0.05, 0) is 6.92 Å². The topological polar surface area (TPSA) is 17.8 Å². The van der Waals surface area contributed by atoms with Crippen molar-refractivity contribution in [2.75, 3.05) is 0 Å². The van der Waals surface area contributed by atoms with Crippen LogP contribution in [0.15, 0.2) is 18.3 Å². The summed E-state index contributed by atoms with van der Waals surface area (Å²) in [7, 11) is 0. The molecule has 6 heteroatoms. The van der Waals surface area contributed by atoms with Crippen LogP contribution in [0.4, 0.5) is 13.2 Å². The predicted octanol–water partition coefficient (Wildman–Crippen LogP) is 3.34. The van der Waals surface area contributed by atoms with Gasteiger partial charge in [-0.3, -0.25) is 0 Å². The molecule has 17 heavy (non-hydrogen) atoms. The normalized spacial score (nSPS) is 10.9. The molecule has 1 aromatic carbocycles. The molecule has 1 aromatic heterocycles. The molecule has 0 saturated heterocycles. The SMILES string of the molecule is Cc1c(CCl)cnn1-c1cc(F)c(F)c(F)c1. The van der Waals surface area contributed by atoms with Crippen LogP contribution in [-0.4, -0.2) is 9.78 Å². The van der Waals surface area contributed by atoms with Crippen LogP contribution in [0.5, 0.6) is 0 Å². The first-order chi connectivity index (χ1) is 8.04. The van der Waals surface area contributed by atoms with Gasteiger partial charge < -0.3 is 0 Å². The first kappa shape index (κ1) is 12.0. The Kier molecular flexibility index (Phi) is 3.11. The quantitative estimate of drug-likeness (QED) is 0.598. The minimum absolute atomic E-state index is 0.121. The lowest BCUT2D eigenvalue weighted by atomic mass is 10.2. The Labute approximate surface area is 101 Å². The van der Waals surface area contributed by atoms with Gasteiger partial charge in [0.05, 0.1) is 17.8 Å². The molecular formula is C11H8ClF3N2. The van der Waals surface area contributed by atoms with E-state index in [1.165, 1.54) is 10.9 Å². The van der Waals surface area contributed by atoms with Gasteiger partial charge in [0.2, 0.25) is 0 Å². The second kappa shape index (κ2) is 4.41. The maximum Gasteiger partial charge on any atom is 0.194 e. The zero-order chi connectivity index (χ0) is 12.6. The highest BCUT2D eigenvalue weighted by atomic mass is 35.5. The Morgan fingerprint density at radius 1 is 1.24 bits per heavy atom. The molecule has 0 radical (unpaired) electrons. The van der Waals surface area contributed by atoms with Crippen LogP contribution in [0, 0.1) is 24.4 Å². The fraction of sp³-hybridized carbons (Fsp3) is 0.182. The van der Waals surface area contributed by atoms with E-state index in [2.05, 4.69) is 5.10 Å². The van der Waals surface area contributed by atoms with E-state index in [0.29, 0.717) is 5.69 Å². The van der Waals surface area contributed by atoms with Gasteiger partial charge in [-0.2, -0.15) is 5.10 Å². The van der Waals surface area contributed by atoms with E-state index in [1.807, 2.05) is 0 Å². The lowest BCUT2D eigenvalue weighted by Gasteiger charge is -2.06. The van der Waals surface area contributed by atoms with E-state index in [1.54, 1.807) is 6.92 Å². The zero-order valence-corrected chi connectivity index (χ0v) is 9.60. The fourth-order valence-electron chi connectivity index (χ4n) is 1.50. The monoisotopic (exact) mass is 260 g/mol. The summed E-state index contributed by atoms with van der Waals surface area (Å²) in [6.45, 7) is 1.71. The fourth-order valence-corrected chi connectivity index (χ4v) is 1.76. The number of rotatable bonds is 2. The molecule has 0 bridgehead atoms. The summed E-state index contributed by atoms with van der Waals surface area (Å²) in [6.07, 6.45) is 1.50. The Morgan fingerprint density at radius 2 is 1.82 bits per heavy atom. The molecule has 0 amide bonds. The summed E-state index contributed by atoms with van der Waals surface area (Å²) < 4.78 is 40.2. The molecule has 0 N–H and O–H groups in total. The summed E-state index contributed by atoms with van der Waals surface area (Å²) in [5.41, 5.74) is 1.53. The van der Waals surface area contributed by atoms with E-state index in [9.17, 15) is 13.2 Å². The molecule has 2 rings (SSSR count). The average molecular weight is 261 g/mol. The Hall–Kier alpha value is -1.49. The summed E-state index contributed by atoms with van der Waals surface area (Å²) in [4.78, 5) is 0. The molecule has 0 fully saturated rings. The highest BCUT2D eigenvalue weighted by molar-refractivity contribution is 6.17. The Balaban J connectivity index is 2.57. The van der Waals surface area contributed by atoms with Crippen molar-refractivity contribution >= 4 is 11.6 Å². The molecule has 0 spiro atoms. The number of hydrogen-bond acceptors (Lipinski definition) is 1. The highest BCUT2D eigenvalue weighted by Crippen LogP contribution is 2.19. The molecule has 90 valence electrons. The van der Waals surface area contributed by atoms with Crippen LogP contribution in [0.1, 0.15) is 11.3 Å². The van der Waals surface area contributed by atoms with Gasteiger partial charge in [-0.25, -0.2) is 17.9 Å². The summed E-state index contributed by atoms with van der Waals surface area (Å²) >= 11 is 5.66. The number of benzene rings is 1. The summed E-state index contributed by atoms with van der Waals surface area (Å²) in [6, 6.07) is 1.77. The van der Waals surface area contributed by atoms with Crippen molar-refractivity contribution in [1.29, 1.82) is 0 Å². The van der Waals surface area contributed by atoms with Crippen LogP contribution in [0.25, 0.3) is 5.69 Å². The van der Waals surface area contributed by atoms with Crippen LogP contribution < -0.4 is 0 Å². The third-order valence-corrected chi connectivity index (χ3v) is 2.76. The van der Waals surface area contributed by atoms with Crippen molar-refractivity contribution in [3.05, 3.63) is 47.0 Å². The molecule has 0 aliphatic rings. The van der Waals surface area contributed by atoms with Gasteiger partial charge >= 0.3 is 0 Å². The molecule has 2 nitrogen and oxygen atoms in total. The van der Waals surface area contributed by atoms with Gasteiger partial charge in [0.1, 0.15) is 0 Å². The lowest BCUT2D eigenvalue weighted by molar-refractivity contribution is 0.446. The van der Waals surface area contributed by atoms with Crippen molar-refractivity contribution < 1.29 is 13.2 Å². The second-order valence-corrected chi connectivity index (χ2v) is 3.79. The largest absolute Gasteiger partial charge is 0.238 e. The number of aromatic nitrogens is 2. The molecule has 0 atom stereocenters. The van der Waals surface area contributed by atoms with E-state index in [-0.39, 0.29) is 11.6 Å². The van der Waals surface area contributed by atoms with Gasteiger partial charge in [0.15, 0.2) is 17.5 Å². The Morgan fingerprint density at radius 3 is 2.29 bits per heavy atom. The van der Waals surface area contributed by atoms with Crippen molar-refractivity contribution in [2.24, 2.45) is 0 Å². The van der Waals surface area contributed by atoms with Crippen molar-refractivity contribution in [3.8, 4) is 5.69 Å². The van der Waals surface area contributed by atoms with E-state index >= 15 is 0 Å². The van der Waals surface area contributed by atoms with E-state index in [0.717, 1.165) is 17.7 Å². The van der Waals surface area contributed by atoms with Crippen LogP contribution in [0.3, 0.4) is 0 Å². The molecular weight excluding hydrogens is 253 g/mol.